The predicted octanol–water partition coefficient (Wildman–Crippen LogP) is 3.95. The van der Waals surface area contributed by atoms with Crippen LogP contribution in [-0.4, -0.2) is 12.0 Å². The second kappa shape index (κ2) is 5.66. The van der Waals surface area contributed by atoms with Crippen LogP contribution in [0.1, 0.15) is 51.2 Å². The Kier molecular flexibility index (Phi) is 3.90. The van der Waals surface area contributed by atoms with E-state index in [9.17, 15) is 0 Å². The molecular formula is C17H22N2S. The van der Waals surface area contributed by atoms with Crippen molar-refractivity contribution < 1.29 is 0 Å². The van der Waals surface area contributed by atoms with Crippen LogP contribution in [0.2, 0.25) is 0 Å². The quantitative estimate of drug-likeness (QED) is 0.924. The minimum absolute atomic E-state index is 0.229. The molecule has 3 rings (SSSR count). The lowest BCUT2D eigenvalue weighted by Crippen LogP contribution is -2.19. The number of hydrogen-bond donors (Lipinski definition) is 1. The smallest absolute Gasteiger partial charge is 0.115 e. The highest BCUT2D eigenvalue weighted by atomic mass is 32.1. The summed E-state index contributed by atoms with van der Waals surface area (Å²) < 4.78 is 0. The number of thiazole rings is 1. The van der Waals surface area contributed by atoms with Gasteiger partial charge in [0.25, 0.3) is 0 Å². The van der Waals surface area contributed by atoms with Crippen LogP contribution in [0.25, 0.3) is 0 Å². The van der Waals surface area contributed by atoms with Gasteiger partial charge in [0.15, 0.2) is 0 Å². The molecule has 1 N–H and O–H groups in total. The molecule has 2 aromatic rings. The maximum absolute atomic E-state index is 4.94. The van der Waals surface area contributed by atoms with E-state index in [-0.39, 0.29) is 6.04 Å². The summed E-state index contributed by atoms with van der Waals surface area (Å²) in [5.41, 5.74) is 5.43. The first-order chi connectivity index (χ1) is 9.70. The van der Waals surface area contributed by atoms with Gasteiger partial charge in [-0.15, -0.1) is 11.3 Å². The van der Waals surface area contributed by atoms with Gasteiger partial charge in [-0.3, -0.25) is 0 Å². The minimum atomic E-state index is 0.229. The van der Waals surface area contributed by atoms with E-state index in [1.807, 2.05) is 18.4 Å². The number of benzene rings is 1. The summed E-state index contributed by atoms with van der Waals surface area (Å²) >= 11 is 1.91. The van der Waals surface area contributed by atoms with Gasteiger partial charge >= 0.3 is 0 Å². The first-order valence-electron chi connectivity index (χ1n) is 7.42. The predicted molar refractivity (Wildman–Crippen MR) is 85.6 cm³/mol. The molecule has 1 aliphatic rings. The standard InChI is InChI=1S/C17H22N2S/c1-11-7-6-8-12(2)15(11)16(18-3)17-19-13-9-4-5-10-14(13)20-17/h6-8,16,18H,4-5,9-10H2,1-3H3. The zero-order chi connectivity index (χ0) is 14.1. The molecule has 0 saturated heterocycles. The fraction of sp³-hybridized carbons (Fsp3) is 0.471. The Morgan fingerprint density at radius 3 is 2.50 bits per heavy atom. The minimum Gasteiger partial charge on any atom is -0.307 e. The molecule has 0 fully saturated rings. The van der Waals surface area contributed by atoms with Crippen molar-refractivity contribution in [3.05, 3.63) is 50.5 Å². The van der Waals surface area contributed by atoms with Crippen LogP contribution in [0.15, 0.2) is 18.2 Å². The molecule has 1 aromatic heterocycles. The maximum Gasteiger partial charge on any atom is 0.115 e. The van der Waals surface area contributed by atoms with Crippen molar-refractivity contribution in [2.24, 2.45) is 0 Å². The number of nitrogens with one attached hydrogen (secondary N) is 1. The zero-order valence-electron chi connectivity index (χ0n) is 12.5. The van der Waals surface area contributed by atoms with Crippen molar-refractivity contribution in [2.45, 2.75) is 45.6 Å². The molecule has 0 saturated carbocycles. The first kappa shape index (κ1) is 13.8. The fourth-order valence-corrected chi connectivity index (χ4v) is 4.44. The Morgan fingerprint density at radius 1 is 1.15 bits per heavy atom. The zero-order valence-corrected chi connectivity index (χ0v) is 13.3. The summed E-state index contributed by atoms with van der Waals surface area (Å²) in [6.45, 7) is 4.39. The van der Waals surface area contributed by atoms with Gasteiger partial charge in [-0.25, -0.2) is 4.98 Å². The van der Waals surface area contributed by atoms with Gasteiger partial charge < -0.3 is 5.32 Å². The Bertz CT molecular complexity index is 572. The highest BCUT2D eigenvalue weighted by Crippen LogP contribution is 2.34. The van der Waals surface area contributed by atoms with Crippen LogP contribution in [0, 0.1) is 13.8 Å². The molecule has 1 atom stereocenters. The summed E-state index contributed by atoms with van der Waals surface area (Å²) in [6, 6.07) is 6.75. The normalized spacial score (nSPS) is 15.9. The molecule has 0 bridgehead atoms. The molecule has 0 aliphatic heterocycles. The van der Waals surface area contributed by atoms with E-state index >= 15 is 0 Å². The number of nitrogens with zero attached hydrogens (tertiary/aromatic N) is 1. The van der Waals surface area contributed by atoms with Gasteiger partial charge in [0, 0.05) is 4.88 Å². The summed E-state index contributed by atoms with van der Waals surface area (Å²) in [4.78, 5) is 6.45. The summed E-state index contributed by atoms with van der Waals surface area (Å²) in [5.74, 6) is 0. The van der Waals surface area contributed by atoms with Crippen molar-refractivity contribution in [1.82, 2.24) is 10.3 Å². The largest absolute Gasteiger partial charge is 0.307 e. The van der Waals surface area contributed by atoms with Crippen molar-refractivity contribution in [3.8, 4) is 0 Å². The Hall–Kier alpha value is -1.19. The molecule has 106 valence electrons. The van der Waals surface area contributed by atoms with Crippen LogP contribution in [0.5, 0.6) is 0 Å². The van der Waals surface area contributed by atoms with E-state index in [1.54, 1.807) is 0 Å². The number of fused-ring (bicyclic) bond motifs is 1. The number of hydrogen-bond acceptors (Lipinski definition) is 3. The molecule has 1 unspecified atom stereocenters. The van der Waals surface area contributed by atoms with E-state index in [2.05, 4.69) is 37.4 Å². The lowest BCUT2D eigenvalue weighted by atomic mass is 9.96. The third kappa shape index (κ3) is 2.40. The van der Waals surface area contributed by atoms with E-state index in [0.29, 0.717) is 0 Å². The Balaban J connectivity index is 2.03. The van der Waals surface area contributed by atoms with Crippen LogP contribution < -0.4 is 5.32 Å². The number of aromatic nitrogens is 1. The Labute approximate surface area is 125 Å². The third-order valence-corrected chi connectivity index (χ3v) is 5.45. The highest BCUT2D eigenvalue weighted by molar-refractivity contribution is 7.11. The molecule has 1 heterocycles. The monoisotopic (exact) mass is 286 g/mol. The third-order valence-electron chi connectivity index (χ3n) is 4.23. The average molecular weight is 286 g/mol. The maximum atomic E-state index is 4.94. The molecule has 0 spiro atoms. The number of aryl methyl sites for hydroxylation is 4. The van der Waals surface area contributed by atoms with Crippen molar-refractivity contribution in [3.63, 3.8) is 0 Å². The summed E-state index contributed by atoms with van der Waals surface area (Å²) in [5, 5.41) is 4.71. The summed E-state index contributed by atoms with van der Waals surface area (Å²) in [7, 11) is 2.04. The highest BCUT2D eigenvalue weighted by Gasteiger charge is 2.23. The topological polar surface area (TPSA) is 24.9 Å². The van der Waals surface area contributed by atoms with E-state index in [1.165, 1.54) is 51.5 Å². The number of rotatable bonds is 3. The first-order valence-corrected chi connectivity index (χ1v) is 8.24. The molecular weight excluding hydrogens is 264 g/mol. The fourth-order valence-electron chi connectivity index (χ4n) is 3.17. The van der Waals surface area contributed by atoms with Gasteiger partial charge in [0.2, 0.25) is 0 Å². The molecule has 1 aromatic carbocycles. The SMILES string of the molecule is CNC(c1nc2c(s1)CCCC2)c1c(C)cccc1C. The average Bonchev–Trinajstić information content (AvgIpc) is 2.86. The van der Waals surface area contributed by atoms with Gasteiger partial charge in [0.05, 0.1) is 11.7 Å². The van der Waals surface area contributed by atoms with Gasteiger partial charge in [-0.2, -0.15) is 0 Å². The Morgan fingerprint density at radius 2 is 1.85 bits per heavy atom. The molecule has 20 heavy (non-hydrogen) atoms. The van der Waals surface area contributed by atoms with Crippen LogP contribution >= 0.6 is 11.3 Å². The van der Waals surface area contributed by atoms with Gasteiger partial charge in [-0.05, 0) is 63.3 Å². The lowest BCUT2D eigenvalue weighted by Gasteiger charge is -2.19. The van der Waals surface area contributed by atoms with E-state index in [4.69, 9.17) is 4.98 Å². The second-order valence-electron chi connectivity index (χ2n) is 5.66. The van der Waals surface area contributed by atoms with Crippen LogP contribution in [-0.2, 0) is 12.8 Å². The molecule has 2 nitrogen and oxygen atoms in total. The van der Waals surface area contributed by atoms with Crippen molar-refractivity contribution >= 4 is 11.3 Å². The van der Waals surface area contributed by atoms with Gasteiger partial charge in [0.1, 0.15) is 5.01 Å². The van der Waals surface area contributed by atoms with E-state index in [0.717, 1.165) is 6.42 Å². The van der Waals surface area contributed by atoms with Gasteiger partial charge in [-0.1, -0.05) is 18.2 Å². The molecule has 3 heteroatoms. The van der Waals surface area contributed by atoms with Crippen molar-refractivity contribution in [1.29, 1.82) is 0 Å². The second-order valence-corrected chi connectivity index (χ2v) is 6.77. The van der Waals surface area contributed by atoms with Crippen LogP contribution in [0.3, 0.4) is 0 Å². The van der Waals surface area contributed by atoms with Crippen LogP contribution in [0.4, 0.5) is 0 Å². The molecule has 1 aliphatic carbocycles. The van der Waals surface area contributed by atoms with E-state index < -0.39 is 0 Å². The molecule has 0 radical (unpaired) electrons. The molecule has 0 amide bonds. The summed E-state index contributed by atoms with van der Waals surface area (Å²) in [6.07, 6.45) is 5.00. The van der Waals surface area contributed by atoms with Crippen molar-refractivity contribution in [2.75, 3.05) is 7.05 Å². The lowest BCUT2D eigenvalue weighted by molar-refractivity contribution is 0.657.